The van der Waals surface area contributed by atoms with E-state index in [9.17, 15) is 0 Å². The lowest BCUT2D eigenvalue weighted by molar-refractivity contribution is 0.479. The van der Waals surface area contributed by atoms with Gasteiger partial charge in [-0.2, -0.15) is 0 Å². The average molecular weight is 389 g/mol. The Bertz CT molecular complexity index is 619. The molecule has 0 aliphatic heterocycles. The van der Waals surface area contributed by atoms with Gasteiger partial charge in [-0.25, -0.2) is 0 Å². The van der Waals surface area contributed by atoms with Crippen LogP contribution in [0.2, 0.25) is 10.0 Å². The van der Waals surface area contributed by atoms with E-state index < -0.39 is 0 Å². The summed E-state index contributed by atoms with van der Waals surface area (Å²) in [5.74, 6) is 1.25. The number of benzene rings is 2. The van der Waals surface area contributed by atoms with Crippen molar-refractivity contribution in [1.82, 2.24) is 5.32 Å². The van der Waals surface area contributed by atoms with Crippen LogP contribution in [0.3, 0.4) is 0 Å². The third kappa shape index (κ3) is 4.62. The Hall–Kier alpha value is -0.740. The highest BCUT2D eigenvalue weighted by Crippen LogP contribution is 2.37. The van der Waals surface area contributed by atoms with Crippen molar-refractivity contribution in [3.05, 3.63) is 56.5 Å². The number of ether oxygens (including phenoxy) is 1. The molecule has 0 unspecified atom stereocenters. The fourth-order valence-electron chi connectivity index (χ4n) is 1.83. The molecule has 2 aromatic rings. The molecule has 0 radical (unpaired) electrons. The molecule has 0 aliphatic rings. The molecule has 0 fully saturated rings. The van der Waals surface area contributed by atoms with Crippen LogP contribution in [0.15, 0.2) is 40.9 Å². The van der Waals surface area contributed by atoms with Crippen molar-refractivity contribution in [2.24, 2.45) is 0 Å². The third-order valence-corrected chi connectivity index (χ3v) is 4.31. The largest absolute Gasteiger partial charge is 0.455 e. The first-order valence-corrected chi connectivity index (χ1v) is 8.27. The maximum absolute atomic E-state index is 6.13. The molecule has 0 amide bonds. The quantitative estimate of drug-likeness (QED) is 0.608. The fraction of sp³-hybridized carbons (Fsp3) is 0.250. The lowest BCUT2D eigenvalue weighted by atomic mass is 10.2. The van der Waals surface area contributed by atoms with Crippen LogP contribution in [0.5, 0.6) is 11.5 Å². The molecule has 2 rings (SSSR count). The van der Waals surface area contributed by atoms with Gasteiger partial charge in [0.2, 0.25) is 0 Å². The van der Waals surface area contributed by atoms with Gasteiger partial charge in [-0.1, -0.05) is 42.3 Å². The van der Waals surface area contributed by atoms with Crippen molar-refractivity contribution < 1.29 is 4.74 Å². The number of rotatable bonds is 6. The van der Waals surface area contributed by atoms with E-state index >= 15 is 0 Å². The molecule has 0 bridgehead atoms. The van der Waals surface area contributed by atoms with Crippen molar-refractivity contribution in [3.8, 4) is 11.5 Å². The van der Waals surface area contributed by atoms with Gasteiger partial charge in [0, 0.05) is 6.54 Å². The molecule has 2 nitrogen and oxygen atoms in total. The van der Waals surface area contributed by atoms with Gasteiger partial charge in [0.25, 0.3) is 0 Å². The third-order valence-electron chi connectivity index (χ3n) is 2.89. The SMILES string of the molecule is CCCNCc1ccc(Oc2cccc(Cl)c2Cl)c(Br)c1. The average Bonchev–Trinajstić information content (AvgIpc) is 2.47. The molecular weight excluding hydrogens is 373 g/mol. The number of halogens is 3. The minimum Gasteiger partial charge on any atom is -0.455 e. The highest BCUT2D eigenvalue weighted by molar-refractivity contribution is 9.10. The van der Waals surface area contributed by atoms with Gasteiger partial charge in [0.1, 0.15) is 16.5 Å². The summed E-state index contributed by atoms with van der Waals surface area (Å²) in [7, 11) is 0. The first kappa shape index (κ1) is 16.6. The Morgan fingerprint density at radius 1 is 1.14 bits per heavy atom. The molecule has 0 aromatic heterocycles. The van der Waals surface area contributed by atoms with E-state index in [1.807, 2.05) is 18.2 Å². The van der Waals surface area contributed by atoms with Gasteiger partial charge in [-0.3, -0.25) is 0 Å². The van der Waals surface area contributed by atoms with Crippen LogP contribution < -0.4 is 10.1 Å². The summed E-state index contributed by atoms with van der Waals surface area (Å²) in [6, 6.07) is 11.3. The monoisotopic (exact) mass is 387 g/mol. The highest BCUT2D eigenvalue weighted by atomic mass is 79.9. The lowest BCUT2D eigenvalue weighted by Gasteiger charge is -2.11. The van der Waals surface area contributed by atoms with E-state index in [1.165, 1.54) is 5.56 Å². The summed E-state index contributed by atoms with van der Waals surface area (Å²) in [5, 5.41) is 4.26. The van der Waals surface area contributed by atoms with Gasteiger partial charge < -0.3 is 10.1 Å². The van der Waals surface area contributed by atoms with E-state index in [1.54, 1.807) is 18.2 Å². The predicted octanol–water partition coefficient (Wildman–Crippen LogP) is 6.05. The number of nitrogens with one attached hydrogen (secondary N) is 1. The van der Waals surface area contributed by atoms with E-state index in [-0.39, 0.29) is 0 Å². The smallest absolute Gasteiger partial charge is 0.147 e. The Morgan fingerprint density at radius 2 is 1.95 bits per heavy atom. The van der Waals surface area contributed by atoms with E-state index in [0.717, 1.165) is 24.0 Å². The van der Waals surface area contributed by atoms with Gasteiger partial charge in [0.15, 0.2) is 0 Å². The standard InChI is InChI=1S/C16H16BrCl2NO/c1-2-8-20-10-11-6-7-14(12(17)9-11)21-15-5-3-4-13(18)16(15)19/h3-7,9,20H,2,8,10H2,1H3. The molecule has 0 spiro atoms. The predicted molar refractivity (Wildman–Crippen MR) is 92.7 cm³/mol. The summed E-state index contributed by atoms with van der Waals surface area (Å²) >= 11 is 15.6. The first-order valence-electron chi connectivity index (χ1n) is 6.73. The van der Waals surface area contributed by atoms with Crippen molar-refractivity contribution in [2.75, 3.05) is 6.54 Å². The van der Waals surface area contributed by atoms with Crippen molar-refractivity contribution in [3.63, 3.8) is 0 Å². The summed E-state index contributed by atoms with van der Waals surface area (Å²) in [4.78, 5) is 0. The molecule has 0 aliphatic carbocycles. The van der Waals surface area contributed by atoms with Gasteiger partial charge in [0.05, 0.1) is 9.50 Å². The second-order valence-corrected chi connectivity index (χ2v) is 6.24. The maximum Gasteiger partial charge on any atom is 0.147 e. The number of hydrogen-bond acceptors (Lipinski definition) is 2. The van der Waals surface area contributed by atoms with Crippen LogP contribution in [-0.4, -0.2) is 6.54 Å². The summed E-state index contributed by atoms with van der Waals surface area (Å²) in [6.45, 7) is 3.99. The van der Waals surface area contributed by atoms with E-state index in [4.69, 9.17) is 27.9 Å². The van der Waals surface area contributed by atoms with Gasteiger partial charge in [-0.05, 0) is 58.7 Å². The Balaban J connectivity index is 2.12. The Kier molecular flexibility index (Phi) is 6.37. The van der Waals surface area contributed by atoms with Crippen LogP contribution in [0.1, 0.15) is 18.9 Å². The molecule has 5 heteroatoms. The molecule has 1 N–H and O–H groups in total. The zero-order valence-corrected chi connectivity index (χ0v) is 14.7. The maximum atomic E-state index is 6.13. The zero-order chi connectivity index (χ0) is 15.2. The van der Waals surface area contributed by atoms with Crippen molar-refractivity contribution in [2.45, 2.75) is 19.9 Å². The molecule has 0 saturated carbocycles. The zero-order valence-electron chi connectivity index (χ0n) is 11.6. The van der Waals surface area contributed by atoms with E-state index in [0.29, 0.717) is 21.5 Å². The number of hydrogen-bond donors (Lipinski definition) is 1. The Morgan fingerprint density at radius 3 is 2.67 bits per heavy atom. The minimum atomic E-state index is 0.416. The summed E-state index contributed by atoms with van der Waals surface area (Å²) in [6.07, 6.45) is 1.12. The summed E-state index contributed by atoms with van der Waals surface area (Å²) < 4.78 is 6.70. The lowest BCUT2D eigenvalue weighted by Crippen LogP contribution is -2.13. The molecule has 112 valence electrons. The summed E-state index contributed by atoms with van der Waals surface area (Å²) in [5.41, 5.74) is 1.19. The molecule has 0 heterocycles. The van der Waals surface area contributed by atoms with Gasteiger partial charge in [-0.15, -0.1) is 0 Å². The second kappa shape index (κ2) is 8.04. The van der Waals surface area contributed by atoms with Crippen molar-refractivity contribution >= 4 is 39.1 Å². The van der Waals surface area contributed by atoms with Crippen LogP contribution in [0, 0.1) is 0 Å². The van der Waals surface area contributed by atoms with Crippen LogP contribution in [-0.2, 0) is 6.54 Å². The topological polar surface area (TPSA) is 21.3 Å². The molecule has 0 saturated heterocycles. The van der Waals surface area contributed by atoms with Crippen molar-refractivity contribution in [1.29, 1.82) is 0 Å². The first-order chi connectivity index (χ1) is 10.1. The normalized spacial score (nSPS) is 10.7. The fourth-order valence-corrected chi connectivity index (χ4v) is 2.67. The molecule has 21 heavy (non-hydrogen) atoms. The van der Waals surface area contributed by atoms with Crippen LogP contribution >= 0.6 is 39.1 Å². The molecular formula is C16H16BrCl2NO. The Labute approximate surface area is 143 Å². The van der Waals surface area contributed by atoms with Gasteiger partial charge >= 0.3 is 0 Å². The van der Waals surface area contributed by atoms with Crippen LogP contribution in [0.4, 0.5) is 0 Å². The van der Waals surface area contributed by atoms with Crippen LogP contribution in [0.25, 0.3) is 0 Å². The molecule has 0 atom stereocenters. The molecule has 2 aromatic carbocycles. The minimum absolute atomic E-state index is 0.416. The highest BCUT2D eigenvalue weighted by Gasteiger charge is 2.09. The van der Waals surface area contributed by atoms with E-state index in [2.05, 4.69) is 28.2 Å². The second-order valence-electron chi connectivity index (χ2n) is 4.60.